The van der Waals surface area contributed by atoms with Crippen molar-refractivity contribution in [3.05, 3.63) is 71.8 Å². The minimum atomic E-state index is -1.51. The van der Waals surface area contributed by atoms with Crippen LogP contribution >= 0.6 is 0 Å². The third kappa shape index (κ3) is 12.1. The Kier molecular flexibility index (Phi) is 15.8. The summed E-state index contributed by atoms with van der Waals surface area (Å²) in [5.74, 6) is -5.84. The summed E-state index contributed by atoms with van der Waals surface area (Å²) in [7, 11) is 0. The van der Waals surface area contributed by atoms with Crippen LogP contribution in [0.1, 0.15) is 43.7 Å². The summed E-state index contributed by atoms with van der Waals surface area (Å²) < 4.78 is 0. The number of hydrogen-bond acceptors (Lipinski definition) is 10. The molecule has 2 aromatic rings. The van der Waals surface area contributed by atoms with Crippen molar-refractivity contribution < 1.29 is 48.6 Å². The van der Waals surface area contributed by atoms with Gasteiger partial charge in [0, 0.05) is 19.5 Å². The quantitative estimate of drug-likeness (QED) is 0.0788. The maximum absolute atomic E-state index is 13.6. The second-order valence-corrected chi connectivity index (χ2v) is 13.8. The van der Waals surface area contributed by atoms with E-state index < -0.39 is 103 Å². The van der Waals surface area contributed by atoms with Crippen LogP contribution in [0, 0.1) is 0 Å². The maximum atomic E-state index is 13.6. The number of aliphatic hydroxyl groups is 1. The lowest BCUT2D eigenvalue weighted by molar-refractivity contribution is -0.147. The van der Waals surface area contributed by atoms with Gasteiger partial charge in [-0.2, -0.15) is 0 Å². The summed E-state index contributed by atoms with van der Waals surface area (Å²) in [6, 6.07) is 11.2. The molecule has 2 saturated heterocycles. The standard InChI is InChI=1S/C38H50N8O10/c1-23(42-34(52)26(39)18-24-10-4-2-5-11-24)33(51)44-28(22-47)36(54)43-27(19-25-12-6-3-7-13-25)35(53)40-20-31(48)45-16-9-15-30(45)38(56)46-17-8-14-29(46)37(55)41-21-32(49)50/h2-7,10-13,23,26-30,47H,8-9,14-22,39H2,1H3,(H,40,53)(H,41,55)(H,42,52)(H,43,54)(H,44,51)(H,49,50)/t23-,26-,27-,28-,29-,30-/m0/s1. The molecule has 18 nitrogen and oxygen atoms in total. The first kappa shape index (κ1) is 42.9. The fraction of sp³-hybridized carbons (Fsp3) is 0.474. The number of carbonyl (C=O) groups is 8. The van der Waals surface area contributed by atoms with Crippen molar-refractivity contribution in [1.82, 2.24) is 36.4 Å². The number of aliphatic carboxylic acids is 1. The number of rotatable bonds is 18. The van der Waals surface area contributed by atoms with Gasteiger partial charge in [0.1, 0.15) is 36.8 Å². The molecule has 18 heteroatoms. The van der Waals surface area contributed by atoms with Gasteiger partial charge in [0.15, 0.2) is 0 Å². The van der Waals surface area contributed by atoms with Crippen LogP contribution in [0.3, 0.4) is 0 Å². The van der Waals surface area contributed by atoms with Gasteiger partial charge in [0.25, 0.3) is 0 Å². The van der Waals surface area contributed by atoms with Crippen LogP contribution in [0.5, 0.6) is 0 Å². The first-order valence-electron chi connectivity index (χ1n) is 18.5. The van der Waals surface area contributed by atoms with Gasteiger partial charge in [0.05, 0.1) is 19.2 Å². The smallest absolute Gasteiger partial charge is 0.322 e. The van der Waals surface area contributed by atoms with Crippen molar-refractivity contribution in [2.75, 3.05) is 32.8 Å². The third-order valence-corrected chi connectivity index (χ3v) is 9.64. The van der Waals surface area contributed by atoms with E-state index in [0.717, 1.165) is 5.56 Å². The van der Waals surface area contributed by atoms with E-state index in [9.17, 15) is 43.5 Å². The molecule has 2 aliphatic rings. The van der Waals surface area contributed by atoms with Crippen molar-refractivity contribution in [3.63, 3.8) is 0 Å². The number of likely N-dealkylation sites (tertiary alicyclic amines) is 2. The van der Waals surface area contributed by atoms with Gasteiger partial charge in [-0.25, -0.2) is 0 Å². The summed E-state index contributed by atoms with van der Waals surface area (Å²) in [5.41, 5.74) is 7.51. The van der Waals surface area contributed by atoms with Gasteiger partial charge in [-0.15, -0.1) is 0 Å². The fourth-order valence-electron chi connectivity index (χ4n) is 6.65. The van der Waals surface area contributed by atoms with Crippen LogP contribution in [0.4, 0.5) is 0 Å². The maximum Gasteiger partial charge on any atom is 0.322 e. The molecule has 0 aliphatic carbocycles. The molecule has 302 valence electrons. The number of carboxylic acids is 1. The molecule has 0 bridgehead atoms. The van der Waals surface area contributed by atoms with Crippen LogP contribution in [-0.2, 0) is 51.2 Å². The Balaban J connectivity index is 1.35. The molecule has 9 N–H and O–H groups in total. The zero-order valence-electron chi connectivity index (χ0n) is 31.1. The van der Waals surface area contributed by atoms with Crippen LogP contribution in [0.25, 0.3) is 0 Å². The van der Waals surface area contributed by atoms with Crippen molar-refractivity contribution in [3.8, 4) is 0 Å². The number of carboxylic acid groups (broad SMARTS) is 1. The molecule has 2 aromatic carbocycles. The first-order chi connectivity index (χ1) is 26.8. The molecule has 4 rings (SSSR count). The predicted molar refractivity (Wildman–Crippen MR) is 200 cm³/mol. The van der Waals surface area contributed by atoms with E-state index in [0.29, 0.717) is 31.2 Å². The summed E-state index contributed by atoms with van der Waals surface area (Å²) in [6.45, 7) is -0.0564. The number of carbonyl (C=O) groups excluding carboxylic acids is 7. The molecule has 2 heterocycles. The largest absolute Gasteiger partial charge is 0.480 e. The second-order valence-electron chi connectivity index (χ2n) is 13.8. The minimum Gasteiger partial charge on any atom is -0.480 e. The van der Waals surface area contributed by atoms with Gasteiger partial charge < -0.3 is 52.3 Å². The zero-order chi connectivity index (χ0) is 40.8. The SMILES string of the molecule is C[C@H](NC(=O)[C@@H](N)Cc1ccccc1)C(=O)N[C@@H](CO)C(=O)N[C@@H](Cc1ccccc1)C(=O)NCC(=O)N1CCC[C@H]1C(=O)N1CCC[C@H]1C(=O)NCC(=O)O. The van der Waals surface area contributed by atoms with E-state index in [1.165, 1.54) is 16.7 Å². The monoisotopic (exact) mass is 778 g/mol. The van der Waals surface area contributed by atoms with Gasteiger partial charge in [-0.1, -0.05) is 60.7 Å². The lowest BCUT2D eigenvalue weighted by atomic mass is 10.0. The van der Waals surface area contributed by atoms with E-state index >= 15 is 0 Å². The van der Waals surface area contributed by atoms with Gasteiger partial charge in [-0.05, 0) is 50.2 Å². The normalized spacial score (nSPS) is 18.5. The van der Waals surface area contributed by atoms with Gasteiger partial charge in [-0.3, -0.25) is 38.4 Å². The van der Waals surface area contributed by atoms with Crippen LogP contribution in [0.15, 0.2) is 60.7 Å². The minimum absolute atomic E-state index is 0.0183. The predicted octanol–water partition coefficient (Wildman–Crippen LogP) is -2.44. The molecule has 56 heavy (non-hydrogen) atoms. The Bertz CT molecular complexity index is 1730. The van der Waals surface area contributed by atoms with Crippen LogP contribution < -0.4 is 32.3 Å². The van der Waals surface area contributed by atoms with Gasteiger partial charge >= 0.3 is 5.97 Å². The Hall–Kier alpha value is -5.88. The highest BCUT2D eigenvalue weighted by atomic mass is 16.4. The van der Waals surface area contributed by atoms with E-state index in [2.05, 4.69) is 26.6 Å². The second kappa shape index (κ2) is 20.7. The zero-order valence-corrected chi connectivity index (χ0v) is 31.1. The summed E-state index contributed by atoms with van der Waals surface area (Å²) in [4.78, 5) is 106. The highest BCUT2D eigenvalue weighted by Gasteiger charge is 2.42. The fourth-order valence-corrected chi connectivity index (χ4v) is 6.65. The average Bonchev–Trinajstić information content (AvgIpc) is 3.89. The molecular weight excluding hydrogens is 728 g/mol. The lowest BCUT2D eigenvalue weighted by Gasteiger charge is -2.31. The van der Waals surface area contributed by atoms with Crippen LogP contribution in [-0.4, -0.2) is 136 Å². The average molecular weight is 779 g/mol. The van der Waals surface area contributed by atoms with E-state index in [1.807, 2.05) is 30.3 Å². The molecule has 2 aliphatic heterocycles. The Morgan fingerprint density at radius 2 is 1.27 bits per heavy atom. The molecule has 0 saturated carbocycles. The molecule has 6 atom stereocenters. The summed E-state index contributed by atoms with van der Waals surface area (Å²) in [5, 5.41) is 31.2. The lowest BCUT2D eigenvalue weighted by Crippen LogP contribution is -2.59. The molecule has 0 aromatic heterocycles. The van der Waals surface area contributed by atoms with E-state index in [4.69, 9.17) is 10.8 Å². The summed E-state index contributed by atoms with van der Waals surface area (Å²) >= 11 is 0. The molecular formula is C38H50N8O10. The highest BCUT2D eigenvalue weighted by Crippen LogP contribution is 2.25. The van der Waals surface area contributed by atoms with Gasteiger partial charge in [0.2, 0.25) is 41.4 Å². The molecule has 0 spiro atoms. The number of amides is 7. The van der Waals surface area contributed by atoms with Crippen molar-refractivity contribution >= 4 is 47.3 Å². The first-order valence-corrected chi connectivity index (χ1v) is 18.5. The summed E-state index contributed by atoms with van der Waals surface area (Å²) in [6.07, 6.45) is 1.93. The van der Waals surface area contributed by atoms with Crippen LogP contribution in [0.2, 0.25) is 0 Å². The molecule has 7 amide bonds. The highest BCUT2D eigenvalue weighted by molar-refractivity contribution is 5.97. The Labute approximate surface area is 323 Å². The number of nitrogens with two attached hydrogens (primary N) is 1. The third-order valence-electron chi connectivity index (χ3n) is 9.64. The Morgan fingerprint density at radius 3 is 1.88 bits per heavy atom. The van der Waals surface area contributed by atoms with E-state index in [-0.39, 0.29) is 25.9 Å². The van der Waals surface area contributed by atoms with Crippen molar-refractivity contribution in [1.29, 1.82) is 0 Å². The number of nitrogens with one attached hydrogen (secondary N) is 5. The van der Waals surface area contributed by atoms with E-state index in [1.54, 1.807) is 30.3 Å². The number of hydrogen-bond donors (Lipinski definition) is 8. The number of aliphatic hydroxyl groups excluding tert-OH is 1. The number of benzene rings is 2. The Morgan fingerprint density at radius 1 is 0.696 bits per heavy atom. The van der Waals surface area contributed by atoms with Crippen molar-refractivity contribution in [2.45, 2.75) is 81.7 Å². The molecule has 2 fully saturated rings. The number of nitrogens with zero attached hydrogens (tertiary/aromatic N) is 2. The molecule has 0 unspecified atom stereocenters. The molecule has 0 radical (unpaired) electrons. The van der Waals surface area contributed by atoms with Crippen molar-refractivity contribution in [2.24, 2.45) is 5.73 Å². The topological polar surface area (TPSA) is 270 Å².